The summed E-state index contributed by atoms with van der Waals surface area (Å²) in [7, 11) is 0. The van der Waals surface area contributed by atoms with Crippen LogP contribution in [0.1, 0.15) is 5.56 Å². The highest BCUT2D eigenvalue weighted by Crippen LogP contribution is 2.32. The molecule has 0 atom stereocenters. The van der Waals surface area contributed by atoms with Gasteiger partial charge in [-0.05, 0) is 27.4 Å². The zero-order valence-corrected chi connectivity index (χ0v) is 13.4. The van der Waals surface area contributed by atoms with Crippen LogP contribution in [0.4, 0.5) is 11.4 Å². The Labute approximate surface area is 140 Å². The predicted molar refractivity (Wildman–Crippen MR) is 93.7 cm³/mol. The van der Waals surface area contributed by atoms with E-state index in [0.29, 0.717) is 0 Å². The van der Waals surface area contributed by atoms with Crippen LogP contribution in [0.15, 0.2) is 64.1 Å². The van der Waals surface area contributed by atoms with Gasteiger partial charge in [0.1, 0.15) is 5.75 Å². The van der Waals surface area contributed by atoms with E-state index >= 15 is 0 Å². The minimum absolute atomic E-state index is 0.0837. The number of non-ortho nitro benzene ring substituents is 1. The van der Waals surface area contributed by atoms with E-state index in [1.165, 1.54) is 18.3 Å². The summed E-state index contributed by atoms with van der Waals surface area (Å²) in [6, 6.07) is 16.1. The third-order valence-electron chi connectivity index (χ3n) is 3.40. The summed E-state index contributed by atoms with van der Waals surface area (Å²) in [5, 5.41) is 23.0. The van der Waals surface area contributed by atoms with Crippen LogP contribution in [0.25, 0.3) is 10.8 Å². The van der Waals surface area contributed by atoms with Crippen LogP contribution in [0.2, 0.25) is 0 Å². The summed E-state index contributed by atoms with van der Waals surface area (Å²) in [4.78, 5) is 14.8. The highest BCUT2D eigenvalue weighted by Gasteiger charge is 2.13. The van der Waals surface area contributed by atoms with E-state index in [4.69, 9.17) is 0 Å². The van der Waals surface area contributed by atoms with Gasteiger partial charge < -0.3 is 5.11 Å². The topological polar surface area (TPSA) is 75.7 Å². The standard InChI is InChI=1S/C17H11BrN2O3/c18-15-9-13(20(22)23)8-12(17(15)21)10-19-16-7-3-5-11-4-1-2-6-14(11)16/h1-10,21H. The van der Waals surface area contributed by atoms with Crippen molar-refractivity contribution in [2.75, 3.05) is 0 Å². The van der Waals surface area contributed by atoms with Gasteiger partial charge in [0.2, 0.25) is 0 Å². The Morgan fingerprint density at radius 2 is 1.87 bits per heavy atom. The van der Waals surface area contributed by atoms with Crippen molar-refractivity contribution in [2.45, 2.75) is 0 Å². The Hall–Kier alpha value is -2.73. The van der Waals surface area contributed by atoms with Crippen molar-refractivity contribution in [1.29, 1.82) is 0 Å². The van der Waals surface area contributed by atoms with Gasteiger partial charge in [-0.25, -0.2) is 0 Å². The number of nitro groups is 1. The second-order valence-electron chi connectivity index (χ2n) is 4.88. The highest BCUT2D eigenvalue weighted by molar-refractivity contribution is 9.10. The van der Waals surface area contributed by atoms with Gasteiger partial charge in [0.15, 0.2) is 0 Å². The molecule has 3 rings (SSSR count). The molecule has 0 aliphatic heterocycles. The Balaban J connectivity index is 2.07. The zero-order chi connectivity index (χ0) is 16.4. The van der Waals surface area contributed by atoms with E-state index in [1.54, 1.807) is 0 Å². The molecule has 0 bridgehead atoms. The van der Waals surface area contributed by atoms with Crippen molar-refractivity contribution >= 4 is 44.3 Å². The molecule has 0 unspecified atom stereocenters. The van der Waals surface area contributed by atoms with Gasteiger partial charge in [0, 0.05) is 29.3 Å². The van der Waals surface area contributed by atoms with E-state index < -0.39 is 4.92 Å². The predicted octanol–water partition coefficient (Wildman–Crippen LogP) is 4.97. The van der Waals surface area contributed by atoms with Crippen molar-refractivity contribution in [3.63, 3.8) is 0 Å². The molecule has 1 N–H and O–H groups in total. The van der Waals surface area contributed by atoms with Crippen LogP contribution in [-0.2, 0) is 0 Å². The third-order valence-corrected chi connectivity index (χ3v) is 4.00. The first-order valence-electron chi connectivity index (χ1n) is 6.75. The lowest BCUT2D eigenvalue weighted by molar-refractivity contribution is -0.385. The Morgan fingerprint density at radius 1 is 1.13 bits per heavy atom. The summed E-state index contributed by atoms with van der Waals surface area (Å²) in [6.07, 6.45) is 1.43. The van der Waals surface area contributed by atoms with Gasteiger partial charge in [-0.3, -0.25) is 15.1 Å². The fraction of sp³-hybridized carbons (Fsp3) is 0. The molecule has 0 radical (unpaired) electrons. The number of nitro benzene ring substituents is 1. The highest BCUT2D eigenvalue weighted by atomic mass is 79.9. The molecule has 0 saturated heterocycles. The second kappa shape index (κ2) is 6.18. The number of phenolic OH excluding ortho intramolecular Hbond substituents is 1. The smallest absolute Gasteiger partial charge is 0.271 e. The maximum Gasteiger partial charge on any atom is 0.271 e. The number of hydrogen-bond donors (Lipinski definition) is 1. The lowest BCUT2D eigenvalue weighted by Gasteiger charge is -2.03. The van der Waals surface area contributed by atoms with Crippen molar-refractivity contribution in [2.24, 2.45) is 4.99 Å². The molecule has 0 aliphatic rings. The first-order chi connectivity index (χ1) is 11.1. The number of aliphatic imine (C=N–C) groups is 1. The summed E-state index contributed by atoms with van der Waals surface area (Å²) in [6.45, 7) is 0. The minimum atomic E-state index is -0.514. The molecule has 0 spiro atoms. The van der Waals surface area contributed by atoms with Crippen molar-refractivity contribution in [3.8, 4) is 5.75 Å². The second-order valence-corrected chi connectivity index (χ2v) is 5.73. The molecule has 0 fully saturated rings. The lowest BCUT2D eigenvalue weighted by Crippen LogP contribution is -1.91. The number of fused-ring (bicyclic) bond motifs is 1. The molecule has 114 valence electrons. The fourth-order valence-electron chi connectivity index (χ4n) is 2.27. The minimum Gasteiger partial charge on any atom is -0.506 e. The molecule has 0 aliphatic carbocycles. The summed E-state index contributed by atoms with van der Waals surface area (Å²) < 4.78 is 0.256. The van der Waals surface area contributed by atoms with E-state index in [-0.39, 0.29) is 21.5 Å². The molecular formula is C17H11BrN2O3. The number of halogens is 1. The third kappa shape index (κ3) is 3.07. The number of phenols is 1. The van der Waals surface area contributed by atoms with Gasteiger partial charge in [-0.2, -0.15) is 0 Å². The molecule has 0 amide bonds. The normalized spacial score (nSPS) is 11.2. The molecule has 23 heavy (non-hydrogen) atoms. The van der Waals surface area contributed by atoms with E-state index in [9.17, 15) is 15.2 Å². The molecule has 5 nitrogen and oxygen atoms in total. The van der Waals surface area contributed by atoms with Gasteiger partial charge in [-0.15, -0.1) is 0 Å². The molecule has 3 aromatic carbocycles. The molecule has 3 aromatic rings. The summed E-state index contributed by atoms with van der Waals surface area (Å²) >= 11 is 3.12. The zero-order valence-electron chi connectivity index (χ0n) is 11.8. The van der Waals surface area contributed by atoms with E-state index in [1.807, 2.05) is 42.5 Å². The molecule has 6 heteroatoms. The average Bonchev–Trinajstić information content (AvgIpc) is 2.55. The number of hydrogen-bond acceptors (Lipinski definition) is 4. The van der Waals surface area contributed by atoms with Crippen LogP contribution in [0, 0.1) is 10.1 Å². The Bertz CT molecular complexity index is 933. The lowest BCUT2D eigenvalue weighted by atomic mass is 10.1. The van der Waals surface area contributed by atoms with Crippen LogP contribution >= 0.6 is 15.9 Å². The maximum atomic E-state index is 10.9. The quantitative estimate of drug-likeness (QED) is 0.401. The Kier molecular flexibility index (Phi) is 4.08. The maximum absolute atomic E-state index is 10.9. The van der Waals surface area contributed by atoms with Crippen LogP contribution < -0.4 is 0 Å². The summed E-state index contributed by atoms with van der Waals surface area (Å²) in [5.74, 6) is -0.0837. The van der Waals surface area contributed by atoms with Crippen molar-refractivity contribution < 1.29 is 10.0 Å². The monoisotopic (exact) mass is 370 g/mol. The average molecular weight is 371 g/mol. The fourth-order valence-corrected chi connectivity index (χ4v) is 2.73. The van der Waals surface area contributed by atoms with Crippen molar-refractivity contribution in [3.05, 3.63) is 74.7 Å². The molecule has 0 heterocycles. The summed E-state index contributed by atoms with van der Waals surface area (Å²) in [5.41, 5.74) is 0.887. The van der Waals surface area contributed by atoms with Crippen LogP contribution in [0.3, 0.4) is 0 Å². The van der Waals surface area contributed by atoms with Crippen molar-refractivity contribution in [1.82, 2.24) is 0 Å². The molecule has 0 saturated carbocycles. The first-order valence-corrected chi connectivity index (χ1v) is 7.54. The van der Waals surface area contributed by atoms with Gasteiger partial charge >= 0.3 is 0 Å². The Morgan fingerprint density at radius 3 is 2.65 bits per heavy atom. The van der Waals surface area contributed by atoms with Gasteiger partial charge in [0.25, 0.3) is 5.69 Å². The van der Waals surface area contributed by atoms with Gasteiger partial charge in [0.05, 0.1) is 15.1 Å². The number of rotatable bonds is 3. The first kappa shape index (κ1) is 15.2. The van der Waals surface area contributed by atoms with Crippen LogP contribution in [-0.4, -0.2) is 16.2 Å². The molecular weight excluding hydrogens is 360 g/mol. The van der Waals surface area contributed by atoms with Gasteiger partial charge in [-0.1, -0.05) is 36.4 Å². The number of benzene rings is 3. The SMILES string of the molecule is O=[N+]([O-])c1cc(Br)c(O)c(C=Nc2cccc3ccccc23)c1. The number of nitrogens with zero attached hydrogens (tertiary/aromatic N) is 2. The number of aromatic hydroxyl groups is 1. The molecule has 0 aromatic heterocycles. The van der Waals surface area contributed by atoms with E-state index in [0.717, 1.165) is 16.5 Å². The largest absolute Gasteiger partial charge is 0.506 e. The van der Waals surface area contributed by atoms with Crippen LogP contribution in [0.5, 0.6) is 5.75 Å². The van der Waals surface area contributed by atoms with E-state index in [2.05, 4.69) is 20.9 Å².